The molecule has 12 heteroatoms. The van der Waals surface area contributed by atoms with E-state index in [0.29, 0.717) is 28.3 Å². The summed E-state index contributed by atoms with van der Waals surface area (Å²) in [6.07, 6.45) is 0. The topological polar surface area (TPSA) is 126 Å². The molecular weight excluding hydrogens is 422 g/mol. The summed E-state index contributed by atoms with van der Waals surface area (Å²) in [4.78, 5) is 21.1. The third kappa shape index (κ3) is 4.81. The van der Waals surface area contributed by atoms with Crippen molar-refractivity contribution in [2.45, 2.75) is 30.1 Å². The Morgan fingerprint density at radius 3 is 2.45 bits per heavy atom. The van der Waals surface area contributed by atoms with Crippen molar-refractivity contribution in [2.24, 2.45) is 0 Å². The third-order valence-corrected chi connectivity index (χ3v) is 5.14. The summed E-state index contributed by atoms with van der Waals surface area (Å²) in [5, 5.41) is 31.4. The standard InChI is InChI=1S/C17H14ClN5O5S/c1-2-21-16(10-28-13-6-3-11(18)4-7-13)19-20-17(21)29-15-8-5-12(22(24)25)9-14(15)23(26)27/h3-9H,2,10H2,1H3. The molecule has 0 bridgehead atoms. The van der Waals surface area contributed by atoms with E-state index < -0.39 is 9.85 Å². The van der Waals surface area contributed by atoms with E-state index >= 15 is 0 Å². The monoisotopic (exact) mass is 435 g/mol. The first-order valence-corrected chi connectivity index (χ1v) is 9.49. The first-order chi connectivity index (χ1) is 13.9. The molecule has 0 spiro atoms. The Bertz CT molecular complexity index is 1060. The van der Waals surface area contributed by atoms with Gasteiger partial charge in [0, 0.05) is 17.6 Å². The van der Waals surface area contributed by atoms with Gasteiger partial charge < -0.3 is 9.30 Å². The first-order valence-electron chi connectivity index (χ1n) is 8.30. The van der Waals surface area contributed by atoms with Gasteiger partial charge in [-0.25, -0.2) is 0 Å². The van der Waals surface area contributed by atoms with Crippen molar-refractivity contribution in [2.75, 3.05) is 0 Å². The fraction of sp³-hybridized carbons (Fsp3) is 0.176. The molecule has 3 rings (SSSR count). The number of benzene rings is 2. The number of aromatic nitrogens is 3. The van der Waals surface area contributed by atoms with Crippen molar-refractivity contribution < 1.29 is 14.6 Å². The van der Waals surface area contributed by atoms with Crippen LogP contribution >= 0.6 is 23.4 Å². The van der Waals surface area contributed by atoms with Gasteiger partial charge in [-0.1, -0.05) is 11.6 Å². The molecule has 0 radical (unpaired) electrons. The predicted molar refractivity (Wildman–Crippen MR) is 105 cm³/mol. The highest BCUT2D eigenvalue weighted by atomic mass is 35.5. The van der Waals surface area contributed by atoms with Crippen LogP contribution in [0.25, 0.3) is 0 Å². The van der Waals surface area contributed by atoms with Gasteiger partial charge >= 0.3 is 0 Å². The van der Waals surface area contributed by atoms with E-state index in [0.717, 1.165) is 17.8 Å². The zero-order valence-electron chi connectivity index (χ0n) is 15.0. The van der Waals surface area contributed by atoms with Crippen molar-refractivity contribution in [1.82, 2.24) is 14.8 Å². The highest BCUT2D eigenvalue weighted by molar-refractivity contribution is 7.99. The van der Waals surface area contributed by atoms with E-state index in [9.17, 15) is 20.2 Å². The Labute approximate surface area is 173 Å². The SMILES string of the molecule is CCn1c(COc2ccc(Cl)cc2)nnc1Sc1ccc([N+](=O)[O-])cc1[N+](=O)[O-]. The normalized spacial score (nSPS) is 10.7. The number of hydrogen-bond acceptors (Lipinski definition) is 8. The third-order valence-electron chi connectivity index (χ3n) is 3.84. The molecule has 29 heavy (non-hydrogen) atoms. The number of nitro benzene ring substituents is 2. The molecule has 0 unspecified atom stereocenters. The molecule has 0 aliphatic rings. The minimum Gasteiger partial charge on any atom is -0.486 e. The molecule has 150 valence electrons. The number of rotatable bonds is 8. The van der Waals surface area contributed by atoms with Crippen LogP contribution in [-0.4, -0.2) is 24.6 Å². The molecule has 0 aliphatic carbocycles. The molecule has 0 saturated heterocycles. The Morgan fingerprint density at radius 2 is 1.83 bits per heavy atom. The average Bonchev–Trinajstić information content (AvgIpc) is 3.09. The van der Waals surface area contributed by atoms with E-state index in [2.05, 4.69) is 10.2 Å². The lowest BCUT2D eigenvalue weighted by atomic mass is 10.3. The summed E-state index contributed by atoms with van der Waals surface area (Å²) in [5.74, 6) is 1.15. The van der Waals surface area contributed by atoms with Crippen molar-refractivity contribution in [3.05, 3.63) is 73.5 Å². The van der Waals surface area contributed by atoms with E-state index in [-0.39, 0.29) is 22.9 Å². The molecule has 2 aromatic carbocycles. The first kappa shape index (κ1) is 20.6. The zero-order chi connectivity index (χ0) is 21.0. The van der Waals surface area contributed by atoms with Crippen LogP contribution in [0.3, 0.4) is 0 Å². The highest BCUT2D eigenvalue weighted by Gasteiger charge is 2.22. The number of halogens is 1. The van der Waals surface area contributed by atoms with Crippen LogP contribution in [0.4, 0.5) is 11.4 Å². The Hall–Kier alpha value is -3.18. The van der Waals surface area contributed by atoms with Gasteiger partial charge in [0.05, 0.1) is 20.8 Å². The molecule has 1 aromatic heterocycles. The lowest BCUT2D eigenvalue weighted by Gasteiger charge is -2.09. The van der Waals surface area contributed by atoms with Gasteiger partial charge in [-0.05, 0) is 49.0 Å². The van der Waals surface area contributed by atoms with E-state index in [1.807, 2.05) is 6.92 Å². The van der Waals surface area contributed by atoms with Gasteiger partial charge in [-0.3, -0.25) is 20.2 Å². The van der Waals surface area contributed by atoms with Crippen LogP contribution in [0, 0.1) is 20.2 Å². The van der Waals surface area contributed by atoms with E-state index in [1.54, 1.807) is 28.8 Å². The summed E-state index contributed by atoms with van der Waals surface area (Å²) in [5.41, 5.74) is -0.719. The zero-order valence-corrected chi connectivity index (χ0v) is 16.6. The second kappa shape index (κ2) is 8.88. The van der Waals surface area contributed by atoms with Crippen molar-refractivity contribution in [3.8, 4) is 5.75 Å². The quantitative estimate of drug-likeness (QED) is 0.374. The van der Waals surface area contributed by atoms with Crippen LogP contribution in [0.2, 0.25) is 5.02 Å². The van der Waals surface area contributed by atoms with Crippen LogP contribution in [0.5, 0.6) is 5.75 Å². The Kier molecular flexibility index (Phi) is 6.29. The number of ether oxygens (including phenoxy) is 1. The van der Waals surface area contributed by atoms with Gasteiger partial charge in [0.2, 0.25) is 0 Å². The summed E-state index contributed by atoms with van der Waals surface area (Å²) in [6, 6.07) is 10.3. The van der Waals surface area contributed by atoms with Crippen molar-refractivity contribution in [3.63, 3.8) is 0 Å². The summed E-state index contributed by atoms with van der Waals surface area (Å²) in [7, 11) is 0. The fourth-order valence-electron chi connectivity index (χ4n) is 2.44. The van der Waals surface area contributed by atoms with Gasteiger partial charge in [0.25, 0.3) is 11.4 Å². The summed E-state index contributed by atoms with van der Waals surface area (Å²) < 4.78 is 7.44. The van der Waals surface area contributed by atoms with E-state index in [1.165, 1.54) is 12.1 Å². The van der Waals surface area contributed by atoms with Gasteiger partial charge in [0.15, 0.2) is 11.0 Å². The molecule has 0 fully saturated rings. The highest BCUT2D eigenvalue weighted by Crippen LogP contribution is 2.36. The van der Waals surface area contributed by atoms with Crippen molar-refractivity contribution in [1.29, 1.82) is 0 Å². The lowest BCUT2D eigenvalue weighted by Crippen LogP contribution is -2.07. The van der Waals surface area contributed by atoms with Crippen molar-refractivity contribution >= 4 is 34.7 Å². The van der Waals surface area contributed by atoms with Gasteiger partial charge in [-0.2, -0.15) is 0 Å². The maximum Gasteiger partial charge on any atom is 0.290 e. The fourth-order valence-corrected chi connectivity index (χ4v) is 3.57. The molecule has 3 aromatic rings. The summed E-state index contributed by atoms with van der Waals surface area (Å²) in [6.45, 7) is 2.53. The maximum atomic E-state index is 11.3. The number of non-ortho nitro benzene ring substituents is 1. The van der Waals surface area contributed by atoms with Crippen LogP contribution < -0.4 is 4.74 Å². The second-order valence-electron chi connectivity index (χ2n) is 5.65. The molecular formula is C17H14ClN5O5S. The van der Waals surface area contributed by atoms with Crippen LogP contribution in [0.1, 0.15) is 12.7 Å². The number of hydrogen-bond donors (Lipinski definition) is 0. The smallest absolute Gasteiger partial charge is 0.290 e. The second-order valence-corrected chi connectivity index (χ2v) is 7.10. The molecule has 0 aliphatic heterocycles. The van der Waals surface area contributed by atoms with Crippen LogP contribution in [0.15, 0.2) is 52.5 Å². The average molecular weight is 436 g/mol. The lowest BCUT2D eigenvalue weighted by molar-refractivity contribution is -0.396. The minimum absolute atomic E-state index is 0.144. The maximum absolute atomic E-state index is 11.3. The molecule has 1 heterocycles. The molecule has 0 atom stereocenters. The van der Waals surface area contributed by atoms with Crippen LogP contribution in [-0.2, 0) is 13.2 Å². The number of nitro groups is 2. The molecule has 0 saturated carbocycles. The minimum atomic E-state index is -0.678. The summed E-state index contributed by atoms with van der Waals surface area (Å²) >= 11 is 6.86. The molecule has 0 N–H and O–H groups in total. The number of nitrogens with zero attached hydrogens (tertiary/aromatic N) is 5. The predicted octanol–water partition coefficient (Wildman–Crippen LogP) is 4.50. The largest absolute Gasteiger partial charge is 0.486 e. The van der Waals surface area contributed by atoms with Gasteiger partial charge in [0.1, 0.15) is 12.4 Å². The Morgan fingerprint density at radius 1 is 1.10 bits per heavy atom. The van der Waals surface area contributed by atoms with Gasteiger partial charge in [-0.15, -0.1) is 10.2 Å². The molecule has 10 nitrogen and oxygen atoms in total. The van der Waals surface area contributed by atoms with E-state index in [4.69, 9.17) is 16.3 Å². The molecule has 0 amide bonds. The Balaban J connectivity index is 1.82.